The zero-order chi connectivity index (χ0) is 14.4. The number of hydrogen-bond acceptors (Lipinski definition) is 4. The summed E-state index contributed by atoms with van der Waals surface area (Å²) in [5, 5.41) is 4.10. The van der Waals surface area contributed by atoms with E-state index in [2.05, 4.69) is 5.32 Å². The summed E-state index contributed by atoms with van der Waals surface area (Å²) in [4.78, 5) is 12.2. The van der Waals surface area contributed by atoms with Crippen LogP contribution < -0.4 is 15.7 Å². The molecule has 2 heterocycles. The van der Waals surface area contributed by atoms with Gasteiger partial charge < -0.3 is 14.5 Å². The third kappa shape index (κ3) is 1.72. The minimum absolute atomic E-state index is 0.329. The minimum atomic E-state index is -0.329. The van der Waals surface area contributed by atoms with E-state index in [9.17, 15) is 4.79 Å². The van der Waals surface area contributed by atoms with Crippen LogP contribution in [-0.2, 0) is 6.54 Å². The molecule has 4 rings (SSSR count). The van der Waals surface area contributed by atoms with Crippen LogP contribution in [0.25, 0.3) is 22.1 Å². The number of methoxy groups -OCH3 is 1. The number of para-hydroxylation sites is 1. The molecule has 0 amide bonds. The number of anilines is 1. The van der Waals surface area contributed by atoms with Crippen LogP contribution in [0.2, 0.25) is 0 Å². The highest BCUT2D eigenvalue weighted by Crippen LogP contribution is 2.39. The van der Waals surface area contributed by atoms with E-state index in [0.717, 1.165) is 27.8 Å². The molecule has 4 heteroatoms. The second kappa shape index (κ2) is 4.38. The normalized spacial score (nSPS) is 12.4. The van der Waals surface area contributed by atoms with Crippen molar-refractivity contribution in [3.63, 3.8) is 0 Å². The summed E-state index contributed by atoms with van der Waals surface area (Å²) >= 11 is 0. The van der Waals surface area contributed by atoms with Gasteiger partial charge in [0.1, 0.15) is 17.0 Å². The molecule has 3 aromatic rings. The van der Waals surface area contributed by atoms with E-state index in [1.165, 1.54) is 0 Å². The van der Waals surface area contributed by atoms with E-state index in [1.807, 2.05) is 42.5 Å². The first-order chi connectivity index (χ1) is 10.3. The second-order valence-corrected chi connectivity index (χ2v) is 5.01. The molecule has 1 aliphatic heterocycles. The Kier molecular flexibility index (Phi) is 2.51. The highest BCUT2D eigenvalue weighted by atomic mass is 16.5. The molecule has 1 aromatic heterocycles. The first kappa shape index (κ1) is 12.0. The van der Waals surface area contributed by atoms with Crippen LogP contribution in [0.3, 0.4) is 0 Å². The minimum Gasteiger partial charge on any atom is -0.497 e. The number of rotatable bonds is 1. The Balaban J connectivity index is 2.11. The lowest BCUT2D eigenvalue weighted by Crippen LogP contribution is -2.17. The van der Waals surface area contributed by atoms with E-state index in [0.29, 0.717) is 17.8 Å². The van der Waals surface area contributed by atoms with Crippen molar-refractivity contribution in [1.29, 1.82) is 0 Å². The van der Waals surface area contributed by atoms with Crippen molar-refractivity contribution in [1.82, 2.24) is 0 Å². The zero-order valence-corrected chi connectivity index (χ0v) is 11.5. The Hall–Kier alpha value is -2.75. The molecule has 1 aliphatic rings. The molecule has 1 N–H and O–H groups in total. The lowest BCUT2D eigenvalue weighted by Gasteiger charge is -2.22. The molecule has 0 radical (unpaired) electrons. The molecule has 0 saturated heterocycles. The van der Waals surface area contributed by atoms with Crippen LogP contribution in [0, 0.1) is 0 Å². The van der Waals surface area contributed by atoms with E-state index in [1.54, 1.807) is 7.11 Å². The molecular formula is C17H13NO3. The Morgan fingerprint density at radius 2 is 2.05 bits per heavy atom. The van der Waals surface area contributed by atoms with Crippen molar-refractivity contribution < 1.29 is 9.15 Å². The van der Waals surface area contributed by atoms with Gasteiger partial charge in [0.2, 0.25) is 0 Å². The molecule has 21 heavy (non-hydrogen) atoms. The maximum absolute atomic E-state index is 12.2. The zero-order valence-electron chi connectivity index (χ0n) is 11.5. The van der Waals surface area contributed by atoms with Crippen molar-refractivity contribution in [2.45, 2.75) is 6.54 Å². The van der Waals surface area contributed by atoms with Gasteiger partial charge in [-0.2, -0.15) is 0 Å². The van der Waals surface area contributed by atoms with Crippen molar-refractivity contribution in [2.75, 3.05) is 12.4 Å². The molecular weight excluding hydrogens is 266 g/mol. The summed E-state index contributed by atoms with van der Waals surface area (Å²) in [5.74, 6) is 0.811. The average Bonchev–Trinajstić information content (AvgIpc) is 2.53. The number of fused-ring (bicyclic) bond motifs is 5. The molecule has 104 valence electrons. The van der Waals surface area contributed by atoms with Crippen molar-refractivity contribution in [2.24, 2.45) is 0 Å². The highest BCUT2D eigenvalue weighted by Gasteiger charge is 2.22. The predicted octanol–water partition coefficient (Wildman–Crippen LogP) is 3.39. The van der Waals surface area contributed by atoms with Gasteiger partial charge in [-0.05, 0) is 29.3 Å². The maximum atomic E-state index is 12.2. The second-order valence-electron chi connectivity index (χ2n) is 5.01. The van der Waals surface area contributed by atoms with Crippen molar-refractivity contribution >= 4 is 16.7 Å². The molecule has 0 aliphatic carbocycles. The van der Waals surface area contributed by atoms with Gasteiger partial charge in [0.25, 0.3) is 0 Å². The van der Waals surface area contributed by atoms with E-state index >= 15 is 0 Å². The van der Waals surface area contributed by atoms with Crippen molar-refractivity contribution in [3.8, 4) is 16.9 Å². The van der Waals surface area contributed by atoms with Gasteiger partial charge in [0, 0.05) is 17.5 Å². The Morgan fingerprint density at radius 1 is 1.19 bits per heavy atom. The number of hydrogen-bond donors (Lipinski definition) is 1. The van der Waals surface area contributed by atoms with Gasteiger partial charge in [-0.25, -0.2) is 4.79 Å². The molecule has 0 fully saturated rings. The van der Waals surface area contributed by atoms with Crippen LogP contribution in [-0.4, -0.2) is 7.11 Å². The van der Waals surface area contributed by atoms with Crippen LogP contribution in [0.4, 0.5) is 5.69 Å². The SMILES string of the molecule is COc1ccc2c(c1)CNc1c-2c2ccccc2oc1=O. The van der Waals surface area contributed by atoms with Crippen molar-refractivity contribution in [3.05, 3.63) is 58.4 Å². The van der Waals surface area contributed by atoms with Crippen LogP contribution in [0.1, 0.15) is 5.56 Å². The predicted molar refractivity (Wildman–Crippen MR) is 81.8 cm³/mol. The summed E-state index contributed by atoms with van der Waals surface area (Å²) < 4.78 is 10.6. The quantitative estimate of drug-likeness (QED) is 0.694. The molecule has 0 spiro atoms. The average molecular weight is 279 g/mol. The summed E-state index contributed by atoms with van der Waals surface area (Å²) in [6.07, 6.45) is 0. The highest BCUT2D eigenvalue weighted by molar-refractivity contribution is 6.01. The van der Waals surface area contributed by atoms with Gasteiger partial charge in [-0.3, -0.25) is 0 Å². The van der Waals surface area contributed by atoms with Crippen LogP contribution in [0.5, 0.6) is 5.75 Å². The van der Waals surface area contributed by atoms with E-state index in [4.69, 9.17) is 9.15 Å². The fourth-order valence-corrected chi connectivity index (χ4v) is 2.86. The van der Waals surface area contributed by atoms with E-state index < -0.39 is 0 Å². The van der Waals surface area contributed by atoms with Gasteiger partial charge in [-0.15, -0.1) is 0 Å². The smallest absolute Gasteiger partial charge is 0.360 e. The summed E-state index contributed by atoms with van der Waals surface area (Å²) in [6, 6.07) is 13.5. The van der Waals surface area contributed by atoms with Gasteiger partial charge in [0.05, 0.1) is 7.11 Å². The Bertz CT molecular complexity index is 912. The fraction of sp³-hybridized carbons (Fsp3) is 0.118. The van der Waals surface area contributed by atoms with E-state index in [-0.39, 0.29) is 5.63 Å². The molecule has 2 aromatic carbocycles. The summed E-state index contributed by atoms with van der Waals surface area (Å²) in [6.45, 7) is 0.586. The largest absolute Gasteiger partial charge is 0.497 e. The van der Waals surface area contributed by atoms with Crippen LogP contribution >= 0.6 is 0 Å². The molecule has 0 atom stereocenters. The standard InChI is InChI=1S/C17H13NO3/c1-20-11-6-7-12-10(8-11)9-18-16-15(12)13-4-2-3-5-14(13)21-17(16)19/h2-8,18H,9H2,1H3. The van der Waals surface area contributed by atoms with Gasteiger partial charge in [0.15, 0.2) is 0 Å². The fourth-order valence-electron chi connectivity index (χ4n) is 2.86. The maximum Gasteiger partial charge on any atom is 0.360 e. The molecule has 0 bridgehead atoms. The monoisotopic (exact) mass is 279 g/mol. The summed E-state index contributed by atoms with van der Waals surface area (Å²) in [7, 11) is 1.65. The third-order valence-electron chi connectivity index (χ3n) is 3.85. The van der Waals surface area contributed by atoms with Crippen LogP contribution in [0.15, 0.2) is 51.7 Å². The first-order valence-electron chi connectivity index (χ1n) is 6.75. The van der Waals surface area contributed by atoms with Gasteiger partial charge in [-0.1, -0.05) is 24.3 Å². The molecule has 0 unspecified atom stereocenters. The topological polar surface area (TPSA) is 51.5 Å². The lowest BCUT2D eigenvalue weighted by molar-refractivity contribution is 0.414. The molecule has 0 saturated carbocycles. The summed E-state index contributed by atoms with van der Waals surface area (Å²) in [5.41, 5.74) is 3.88. The number of benzene rings is 2. The number of nitrogens with one attached hydrogen (secondary N) is 1. The lowest BCUT2D eigenvalue weighted by atomic mass is 9.92. The van der Waals surface area contributed by atoms with Gasteiger partial charge >= 0.3 is 5.63 Å². The Labute approximate surface area is 121 Å². The Morgan fingerprint density at radius 3 is 2.90 bits per heavy atom. The number of ether oxygens (including phenoxy) is 1. The third-order valence-corrected chi connectivity index (χ3v) is 3.85. The molecule has 4 nitrogen and oxygen atoms in total. The first-order valence-corrected chi connectivity index (χ1v) is 6.75.